The van der Waals surface area contributed by atoms with Gasteiger partial charge in [0.1, 0.15) is 0 Å². The summed E-state index contributed by atoms with van der Waals surface area (Å²) in [5.41, 5.74) is 3.21. The molecule has 28 heavy (non-hydrogen) atoms. The van der Waals surface area contributed by atoms with Gasteiger partial charge < -0.3 is 14.6 Å². The van der Waals surface area contributed by atoms with Gasteiger partial charge in [0.25, 0.3) is 11.8 Å². The maximum absolute atomic E-state index is 12.8. The van der Waals surface area contributed by atoms with Gasteiger partial charge in [-0.25, -0.2) is 0 Å². The van der Waals surface area contributed by atoms with E-state index in [4.69, 9.17) is 4.42 Å². The van der Waals surface area contributed by atoms with Gasteiger partial charge in [0.15, 0.2) is 5.76 Å². The van der Waals surface area contributed by atoms with E-state index in [1.54, 1.807) is 17.0 Å². The number of carbonyl (C=O) groups is 2. The molecule has 2 aromatic heterocycles. The average Bonchev–Trinajstić information content (AvgIpc) is 3.41. The first-order valence-corrected chi connectivity index (χ1v) is 10.3. The van der Waals surface area contributed by atoms with Crippen molar-refractivity contribution in [1.29, 1.82) is 0 Å². The van der Waals surface area contributed by atoms with Crippen molar-refractivity contribution in [2.75, 3.05) is 13.1 Å². The first kappa shape index (κ1) is 18.5. The maximum atomic E-state index is 12.8. The van der Waals surface area contributed by atoms with Gasteiger partial charge in [-0.15, -0.1) is 11.3 Å². The molecule has 0 aliphatic carbocycles. The molecule has 3 heterocycles. The van der Waals surface area contributed by atoms with Crippen molar-refractivity contribution in [3.63, 3.8) is 0 Å². The minimum Gasteiger partial charge on any atom is -0.459 e. The highest BCUT2D eigenvalue weighted by Gasteiger charge is 2.26. The SMILES string of the molecule is Cc1ccc(-c2ccsc2C(=O)NC2CCN(C(=O)c3ccco3)CC2)cc1. The predicted octanol–water partition coefficient (Wildman–Crippen LogP) is 4.35. The zero-order chi connectivity index (χ0) is 19.5. The van der Waals surface area contributed by atoms with Gasteiger partial charge in [-0.05, 0) is 48.9 Å². The van der Waals surface area contributed by atoms with Crippen LogP contribution in [0.15, 0.2) is 58.5 Å². The number of likely N-dealkylation sites (tertiary alicyclic amines) is 1. The third kappa shape index (κ3) is 3.87. The molecule has 144 valence electrons. The second kappa shape index (κ2) is 8.02. The van der Waals surface area contributed by atoms with E-state index >= 15 is 0 Å². The van der Waals surface area contributed by atoms with E-state index < -0.39 is 0 Å². The zero-order valence-corrected chi connectivity index (χ0v) is 16.5. The van der Waals surface area contributed by atoms with Crippen molar-refractivity contribution < 1.29 is 14.0 Å². The highest BCUT2D eigenvalue weighted by molar-refractivity contribution is 7.12. The van der Waals surface area contributed by atoms with Crippen molar-refractivity contribution in [3.05, 3.63) is 70.3 Å². The number of nitrogens with one attached hydrogen (secondary N) is 1. The van der Waals surface area contributed by atoms with Gasteiger partial charge in [0, 0.05) is 24.7 Å². The molecule has 0 atom stereocenters. The number of nitrogens with zero attached hydrogens (tertiary/aromatic N) is 1. The molecule has 0 spiro atoms. The Morgan fingerprint density at radius 1 is 1.11 bits per heavy atom. The maximum Gasteiger partial charge on any atom is 0.289 e. The lowest BCUT2D eigenvalue weighted by Crippen LogP contribution is -2.46. The number of carbonyl (C=O) groups excluding carboxylic acids is 2. The molecule has 1 saturated heterocycles. The van der Waals surface area contributed by atoms with Gasteiger partial charge in [0.05, 0.1) is 11.1 Å². The number of rotatable bonds is 4. The number of furan rings is 1. The summed E-state index contributed by atoms with van der Waals surface area (Å²) in [5.74, 6) is 0.236. The van der Waals surface area contributed by atoms with Crippen molar-refractivity contribution in [2.24, 2.45) is 0 Å². The monoisotopic (exact) mass is 394 g/mol. The van der Waals surface area contributed by atoms with Crippen molar-refractivity contribution in [2.45, 2.75) is 25.8 Å². The predicted molar refractivity (Wildman–Crippen MR) is 110 cm³/mol. The summed E-state index contributed by atoms with van der Waals surface area (Å²) >= 11 is 1.46. The average molecular weight is 394 g/mol. The molecular formula is C22H22N2O3S. The molecule has 2 amide bonds. The van der Waals surface area contributed by atoms with Crippen LogP contribution >= 0.6 is 11.3 Å². The van der Waals surface area contributed by atoms with Crippen molar-refractivity contribution >= 4 is 23.2 Å². The van der Waals surface area contributed by atoms with E-state index in [0.717, 1.165) is 28.8 Å². The van der Waals surface area contributed by atoms with Crippen LogP contribution in [0.4, 0.5) is 0 Å². The summed E-state index contributed by atoms with van der Waals surface area (Å²) < 4.78 is 5.19. The molecule has 1 N–H and O–H groups in total. The van der Waals surface area contributed by atoms with Gasteiger partial charge in [-0.3, -0.25) is 9.59 Å². The molecule has 1 aromatic carbocycles. The number of piperidine rings is 1. The first-order valence-electron chi connectivity index (χ1n) is 9.40. The van der Waals surface area contributed by atoms with E-state index in [9.17, 15) is 9.59 Å². The Labute approximate surface area is 168 Å². The highest BCUT2D eigenvalue weighted by atomic mass is 32.1. The molecule has 6 heteroatoms. The second-order valence-corrected chi connectivity index (χ2v) is 7.96. The van der Waals surface area contributed by atoms with Gasteiger partial charge >= 0.3 is 0 Å². The largest absolute Gasteiger partial charge is 0.459 e. The number of amides is 2. The zero-order valence-electron chi connectivity index (χ0n) is 15.7. The normalized spacial score (nSPS) is 14.8. The van der Waals surface area contributed by atoms with Crippen LogP contribution in [0.5, 0.6) is 0 Å². The summed E-state index contributed by atoms with van der Waals surface area (Å²) in [7, 11) is 0. The van der Waals surface area contributed by atoms with Gasteiger partial charge in [-0.2, -0.15) is 0 Å². The van der Waals surface area contributed by atoms with Crippen LogP contribution in [0.25, 0.3) is 11.1 Å². The molecule has 1 aliphatic rings. The number of benzene rings is 1. The summed E-state index contributed by atoms with van der Waals surface area (Å²) in [6.45, 7) is 3.27. The molecule has 5 nitrogen and oxygen atoms in total. The number of hydrogen-bond acceptors (Lipinski definition) is 4. The Hall–Kier alpha value is -2.86. The Morgan fingerprint density at radius 2 is 1.86 bits per heavy atom. The minimum atomic E-state index is -0.0882. The molecule has 0 saturated carbocycles. The van der Waals surface area contributed by atoms with E-state index in [0.29, 0.717) is 18.8 Å². The van der Waals surface area contributed by atoms with Crippen molar-refractivity contribution in [3.8, 4) is 11.1 Å². The molecule has 4 rings (SSSR count). The van der Waals surface area contributed by atoms with Crippen molar-refractivity contribution in [1.82, 2.24) is 10.2 Å². The fourth-order valence-corrected chi connectivity index (χ4v) is 4.30. The molecule has 1 fully saturated rings. The summed E-state index contributed by atoms with van der Waals surface area (Å²) in [5, 5.41) is 5.10. The smallest absolute Gasteiger partial charge is 0.289 e. The van der Waals surface area contributed by atoms with Gasteiger partial charge in [-0.1, -0.05) is 29.8 Å². The Balaban J connectivity index is 1.37. The number of aryl methyl sites for hydroxylation is 1. The Bertz CT molecular complexity index is 952. The van der Waals surface area contributed by atoms with Crippen LogP contribution in [0, 0.1) is 6.92 Å². The quantitative estimate of drug-likeness (QED) is 0.715. The molecule has 3 aromatic rings. The topological polar surface area (TPSA) is 62.6 Å². The lowest BCUT2D eigenvalue weighted by molar-refractivity contribution is 0.0667. The standard InChI is InChI=1S/C22H22N2O3S/c1-15-4-6-16(7-5-15)18-10-14-28-20(18)21(25)23-17-8-11-24(12-9-17)22(26)19-3-2-13-27-19/h2-7,10,13-14,17H,8-9,11-12H2,1H3,(H,23,25). The lowest BCUT2D eigenvalue weighted by atomic mass is 10.0. The summed E-state index contributed by atoms with van der Waals surface area (Å²) in [6, 6.07) is 13.7. The third-order valence-corrected chi connectivity index (χ3v) is 6.00. The van der Waals surface area contributed by atoms with Crippen LogP contribution in [0.3, 0.4) is 0 Å². The fourth-order valence-electron chi connectivity index (χ4n) is 3.48. The van der Waals surface area contributed by atoms with E-state index in [1.165, 1.54) is 23.2 Å². The van der Waals surface area contributed by atoms with E-state index in [1.807, 2.05) is 30.5 Å². The minimum absolute atomic E-state index is 0.0404. The highest BCUT2D eigenvalue weighted by Crippen LogP contribution is 2.29. The van der Waals surface area contributed by atoms with Crippen LogP contribution < -0.4 is 5.32 Å². The lowest BCUT2D eigenvalue weighted by Gasteiger charge is -2.31. The van der Waals surface area contributed by atoms with Crippen LogP contribution in [-0.4, -0.2) is 35.8 Å². The van der Waals surface area contributed by atoms with Gasteiger partial charge in [0.2, 0.25) is 0 Å². The third-order valence-electron chi connectivity index (χ3n) is 5.08. The first-order chi connectivity index (χ1) is 13.6. The molecule has 0 bridgehead atoms. The molecule has 0 radical (unpaired) electrons. The van der Waals surface area contributed by atoms with Crippen LogP contribution in [-0.2, 0) is 0 Å². The van der Waals surface area contributed by atoms with E-state index in [2.05, 4.69) is 17.4 Å². The second-order valence-electron chi connectivity index (χ2n) is 7.05. The van der Waals surface area contributed by atoms with Crippen LogP contribution in [0.2, 0.25) is 0 Å². The summed E-state index contributed by atoms with van der Waals surface area (Å²) in [6.07, 6.45) is 2.99. The molecule has 1 aliphatic heterocycles. The summed E-state index contributed by atoms with van der Waals surface area (Å²) in [4.78, 5) is 27.7. The van der Waals surface area contributed by atoms with E-state index in [-0.39, 0.29) is 17.9 Å². The number of hydrogen-bond donors (Lipinski definition) is 1. The molecule has 0 unspecified atom stereocenters. The Kier molecular flexibility index (Phi) is 5.30. The molecular weight excluding hydrogens is 372 g/mol. The fraction of sp³-hybridized carbons (Fsp3) is 0.273. The Morgan fingerprint density at radius 3 is 2.54 bits per heavy atom. The van der Waals surface area contributed by atoms with Crippen LogP contribution in [0.1, 0.15) is 38.6 Å². The number of thiophene rings is 1.